The number of pyridine rings is 1. The van der Waals surface area contributed by atoms with Crippen LogP contribution >= 0.6 is 23.4 Å². The average molecular weight is 293 g/mol. The van der Waals surface area contributed by atoms with Gasteiger partial charge in [-0.05, 0) is 12.1 Å². The van der Waals surface area contributed by atoms with E-state index in [0.29, 0.717) is 17.3 Å². The van der Waals surface area contributed by atoms with Gasteiger partial charge in [-0.15, -0.1) is 16.8 Å². The second-order valence-corrected chi connectivity index (χ2v) is 5.22. The van der Waals surface area contributed by atoms with Gasteiger partial charge in [0.1, 0.15) is 0 Å². The number of nitrogens with zero attached hydrogens (tertiary/aromatic N) is 4. The Morgan fingerprint density at radius 3 is 2.74 bits per heavy atom. The Kier molecular flexibility index (Phi) is 4.76. The smallest absolute Gasteiger partial charge is 0.192 e. The number of thioether (sulfide) groups is 1. The molecule has 0 radical (unpaired) electrons. The molecule has 0 amide bonds. The van der Waals surface area contributed by atoms with Crippen LogP contribution < -0.4 is 0 Å². The van der Waals surface area contributed by atoms with E-state index in [1.165, 1.54) is 11.8 Å². The van der Waals surface area contributed by atoms with Crippen LogP contribution in [0.15, 0.2) is 53.9 Å². The van der Waals surface area contributed by atoms with Crippen molar-refractivity contribution in [3.05, 3.63) is 48.8 Å². The van der Waals surface area contributed by atoms with Gasteiger partial charge in [0.2, 0.25) is 0 Å². The molecule has 2 aromatic rings. The molecule has 19 heavy (non-hydrogen) atoms. The van der Waals surface area contributed by atoms with Crippen molar-refractivity contribution >= 4 is 23.4 Å². The molecule has 2 heterocycles. The van der Waals surface area contributed by atoms with Crippen molar-refractivity contribution in [2.45, 2.75) is 11.7 Å². The molecule has 6 heteroatoms. The van der Waals surface area contributed by atoms with Crippen molar-refractivity contribution < 1.29 is 0 Å². The highest BCUT2D eigenvalue weighted by molar-refractivity contribution is 7.99. The molecule has 2 aromatic heterocycles. The van der Waals surface area contributed by atoms with E-state index < -0.39 is 0 Å². The first-order chi connectivity index (χ1) is 9.22. The second-order valence-electron chi connectivity index (χ2n) is 3.75. The van der Waals surface area contributed by atoms with E-state index in [9.17, 15) is 0 Å². The normalized spacial score (nSPS) is 10.4. The molecule has 0 atom stereocenters. The van der Waals surface area contributed by atoms with Crippen LogP contribution in [0.5, 0.6) is 0 Å². The standard InChI is InChI=1S/C13H13ClN4S/c1-3-8-18-12(11-4-6-15-7-5-11)16-17-13(18)19-9-10(2)14/h3-7H,1-2,8-9H2. The van der Waals surface area contributed by atoms with Gasteiger partial charge in [0.25, 0.3) is 0 Å². The SMILES string of the molecule is C=CCn1c(SCC(=C)Cl)nnc1-c1ccncc1. The average Bonchev–Trinajstić information content (AvgIpc) is 2.81. The third kappa shape index (κ3) is 3.45. The van der Waals surface area contributed by atoms with Crippen LogP contribution in [0.25, 0.3) is 11.4 Å². The molecule has 0 N–H and O–H groups in total. The summed E-state index contributed by atoms with van der Waals surface area (Å²) in [7, 11) is 0. The van der Waals surface area contributed by atoms with E-state index in [1.54, 1.807) is 12.4 Å². The van der Waals surface area contributed by atoms with Gasteiger partial charge < -0.3 is 0 Å². The predicted octanol–water partition coefficient (Wildman–Crippen LogP) is 3.37. The van der Waals surface area contributed by atoms with Gasteiger partial charge in [-0.25, -0.2) is 0 Å². The summed E-state index contributed by atoms with van der Waals surface area (Å²) >= 11 is 7.28. The number of halogens is 1. The molecule has 0 aliphatic carbocycles. The molecule has 0 unspecified atom stereocenters. The minimum atomic E-state index is 0.587. The predicted molar refractivity (Wildman–Crippen MR) is 79.2 cm³/mol. The quantitative estimate of drug-likeness (QED) is 0.605. The van der Waals surface area contributed by atoms with Crippen LogP contribution in [0.2, 0.25) is 0 Å². The van der Waals surface area contributed by atoms with E-state index in [2.05, 4.69) is 28.3 Å². The molecular weight excluding hydrogens is 280 g/mol. The van der Waals surface area contributed by atoms with Gasteiger partial charge in [0.05, 0.1) is 0 Å². The van der Waals surface area contributed by atoms with Crippen LogP contribution in [-0.2, 0) is 6.54 Å². The molecule has 0 fully saturated rings. The summed E-state index contributed by atoms with van der Waals surface area (Å²) in [5, 5.41) is 9.80. The molecule has 0 saturated carbocycles. The first-order valence-electron chi connectivity index (χ1n) is 5.63. The lowest BCUT2D eigenvalue weighted by Gasteiger charge is -2.07. The van der Waals surface area contributed by atoms with E-state index in [0.717, 1.165) is 16.5 Å². The minimum absolute atomic E-state index is 0.587. The van der Waals surface area contributed by atoms with E-state index in [-0.39, 0.29) is 0 Å². The Morgan fingerprint density at radius 1 is 1.37 bits per heavy atom. The van der Waals surface area contributed by atoms with Gasteiger partial charge in [-0.3, -0.25) is 9.55 Å². The number of hydrogen-bond acceptors (Lipinski definition) is 4. The van der Waals surface area contributed by atoms with Crippen molar-refractivity contribution in [2.75, 3.05) is 5.75 Å². The lowest BCUT2D eigenvalue weighted by Crippen LogP contribution is -2.00. The zero-order valence-corrected chi connectivity index (χ0v) is 11.9. The Labute approximate surface area is 121 Å². The van der Waals surface area contributed by atoms with Crippen LogP contribution in [0.4, 0.5) is 0 Å². The number of aromatic nitrogens is 4. The Balaban J connectivity index is 2.34. The minimum Gasteiger partial charge on any atom is -0.298 e. The molecule has 2 rings (SSSR count). The monoisotopic (exact) mass is 292 g/mol. The van der Waals surface area contributed by atoms with Crippen molar-refractivity contribution in [1.29, 1.82) is 0 Å². The number of rotatable bonds is 6. The van der Waals surface area contributed by atoms with Gasteiger partial charge >= 0.3 is 0 Å². The van der Waals surface area contributed by atoms with Crippen molar-refractivity contribution in [1.82, 2.24) is 19.7 Å². The maximum absolute atomic E-state index is 5.78. The highest BCUT2D eigenvalue weighted by atomic mass is 35.5. The fraction of sp³-hybridized carbons (Fsp3) is 0.154. The van der Waals surface area contributed by atoms with Crippen LogP contribution in [0, 0.1) is 0 Å². The van der Waals surface area contributed by atoms with Crippen molar-refractivity contribution in [3.8, 4) is 11.4 Å². The summed E-state index contributed by atoms with van der Waals surface area (Å²) in [6.45, 7) is 8.08. The van der Waals surface area contributed by atoms with E-state index >= 15 is 0 Å². The fourth-order valence-electron chi connectivity index (χ4n) is 1.55. The third-order valence-corrected chi connectivity index (χ3v) is 3.67. The first-order valence-corrected chi connectivity index (χ1v) is 6.99. The molecule has 98 valence electrons. The summed E-state index contributed by atoms with van der Waals surface area (Å²) < 4.78 is 1.99. The Bertz CT molecular complexity index is 580. The van der Waals surface area contributed by atoms with Crippen molar-refractivity contribution in [2.24, 2.45) is 0 Å². The van der Waals surface area contributed by atoms with Crippen molar-refractivity contribution in [3.63, 3.8) is 0 Å². The third-order valence-electron chi connectivity index (χ3n) is 2.32. The highest BCUT2D eigenvalue weighted by Crippen LogP contribution is 2.25. The summed E-state index contributed by atoms with van der Waals surface area (Å²) in [5.41, 5.74) is 0.973. The van der Waals surface area contributed by atoms with Gasteiger partial charge in [0, 0.05) is 35.3 Å². The molecule has 0 saturated heterocycles. The summed E-state index contributed by atoms with van der Waals surface area (Å²) in [6.07, 6.45) is 5.28. The lowest BCUT2D eigenvalue weighted by atomic mass is 10.2. The molecule has 0 spiro atoms. The van der Waals surface area contributed by atoms with Gasteiger partial charge in [0.15, 0.2) is 11.0 Å². The summed E-state index contributed by atoms with van der Waals surface area (Å²) in [4.78, 5) is 4.00. The van der Waals surface area contributed by atoms with Crippen LogP contribution in [0.3, 0.4) is 0 Å². The molecule has 0 aromatic carbocycles. The molecular formula is C13H13ClN4S. The Morgan fingerprint density at radius 2 is 2.11 bits per heavy atom. The van der Waals surface area contributed by atoms with Crippen LogP contribution in [0.1, 0.15) is 0 Å². The molecule has 4 nitrogen and oxygen atoms in total. The largest absolute Gasteiger partial charge is 0.298 e. The van der Waals surface area contributed by atoms with E-state index in [1.807, 2.05) is 22.8 Å². The zero-order valence-electron chi connectivity index (χ0n) is 10.3. The Hall–Kier alpha value is -1.59. The number of hydrogen-bond donors (Lipinski definition) is 0. The summed E-state index contributed by atoms with van der Waals surface area (Å²) in [5.74, 6) is 1.40. The molecule has 0 aliphatic heterocycles. The number of allylic oxidation sites excluding steroid dienone is 1. The molecule has 0 aliphatic rings. The topological polar surface area (TPSA) is 43.6 Å². The first kappa shape index (κ1) is 13.8. The fourth-order valence-corrected chi connectivity index (χ4v) is 2.41. The van der Waals surface area contributed by atoms with Crippen LogP contribution in [-0.4, -0.2) is 25.5 Å². The summed E-state index contributed by atoms with van der Waals surface area (Å²) in [6, 6.07) is 3.80. The maximum Gasteiger partial charge on any atom is 0.192 e. The lowest BCUT2D eigenvalue weighted by molar-refractivity contribution is 0.731. The zero-order chi connectivity index (χ0) is 13.7. The van der Waals surface area contributed by atoms with Gasteiger partial charge in [-0.2, -0.15) is 0 Å². The highest BCUT2D eigenvalue weighted by Gasteiger charge is 2.13. The second kappa shape index (κ2) is 6.54. The maximum atomic E-state index is 5.78. The van der Waals surface area contributed by atoms with Gasteiger partial charge in [-0.1, -0.05) is 36.0 Å². The van der Waals surface area contributed by atoms with E-state index in [4.69, 9.17) is 11.6 Å². The molecule has 0 bridgehead atoms.